The molecule has 0 atom stereocenters. The molecule has 1 aromatic heterocycles. The Kier molecular flexibility index (Phi) is 2.88. The summed E-state index contributed by atoms with van der Waals surface area (Å²) in [7, 11) is 0. The minimum atomic E-state index is -4.39. The van der Waals surface area contributed by atoms with Crippen LogP contribution in [0.4, 0.5) is 13.2 Å². The summed E-state index contributed by atoms with van der Waals surface area (Å²) in [6.45, 7) is 0. The van der Waals surface area contributed by atoms with Crippen molar-refractivity contribution in [2.75, 3.05) is 0 Å². The molecular weight excluding hydrogens is 269 g/mol. The maximum Gasteiger partial charge on any atom is 0.416 e. The average Bonchev–Trinajstić information content (AvgIpc) is 2.99. The number of halogens is 3. The third-order valence-corrected chi connectivity index (χ3v) is 3.49. The molecule has 6 heteroatoms. The van der Waals surface area contributed by atoms with Crippen LogP contribution >= 0.6 is 0 Å². The van der Waals surface area contributed by atoms with E-state index in [0.29, 0.717) is 17.7 Å². The van der Waals surface area contributed by atoms with Gasteiger partial charge in [0.25, 0.3) is 0 Å². The molecule has 3 rings (SSSR count). The van der Waals surface area contributed by atoms with E-state index in [9.17, 15) is 18.0 Å². The van der Waals surface area contributed by atoms with Gasteiger partial charge < -0.3 is 0 Å². The van der Waals surface area contributed by atoms with Crippen LogP contribution in [0, 0.1) is 0 Å². The SMILES string of the molecule is O=Cc1nn(-c2cccc(C(F)(F)F)c2)c2c1CCC2. The van der Waals surface area contributed by atoms with E-state index in [1.165, 1.54) is 10.7 Å². The molecule has 3 nitrogen and oxygen atoms in total. The Morgan fingerprint density at radius 3 is 2.75 bits per heavy atom. The van der Waals surface area contributed by atoms with Crippen molar-refractivity contribution in [3.63, 3.8) is 0 Å². The van der Waals surface area contributed by atoms with Crippen LogP contribution in [-0.4, -0.2) is 16.1 Å². The maximum atomic E-state index is 12.7. The number of aldehydes is 1. The number of carbonyl (C=O) groups is 1. The Bertz CT molecular complexity index is 674. The molecule has 104 valence electrons. The van der Waals surface area contributed by atoms with Crippen molar-refractivity contribution in [1.29, 1.82) is 0 Å². The molecule has 0 saturated heterocycles. The van der Waals surface area contributed by atoms with E-state index in [0.717, 1.165) is 42.7 Å². The number of benzene rings is 1. The van der Waals surface area contributed by atoms with Gasteiger partial charge in [-0.3, -0.25) is 4.79 Å². The molecule has 20 heavy (non-hydrogen) atoms. The fourth-order valence-electron chi connectivity index (χ4n) is 2.59. The van der Waals surface area contributed by atoms with Gasteiger partial charge in [0.1, 0.15) is 5.69 Å². The lowest BCUT2D eigenvalue weighted by molar-refractivity contribution is -0.137. The number of nitrogens with zero attached hydrogens (tertiary/aromatic N) is 2. The average molecular weight is 280 g/mol. The number of hydrogen-bond donors (Lipinski definition) is 0. The summed E-state index contributed by atoms with van der Waals surface area (Å²) in [6.07, 6.45) is -1.35. The lowest BCUT2D eigenvalue weighted by Gasteiger charge is -2.10. The number of carbonyl (C=O) groups excluding carboxylic acids is 1. The van der Waals surface area contributed by atoms with E-state index < -0.39 is 11.7 Å². The molecule has 0 radical (unpaired) electrons. The van der Waals surface area contributed by atoms with E-state index in [1.807, 2.05) is 0 Å². The molecule has 1 aromatic carbocycles. The molecule has 0 N–H and O–H groups in total. The lowest BCUT2D eigenvalue weighted by atomic mass is 10.2. The normalized spacial score (nSPS) is 14.3. The second-order valence-electron chi connectivity index (χ2n) is 4.74. The predicted octanol–water partition coefficient (Wildman–Crippen LogP) is 3.19. The fourth-order valence-corrected chi connectivity index (χ4v) is 2.59. The second kappa shape index (κ2) is 4.47. The first-order valence-electron chi connectivity index (χ1n) is 6.24. The van der Waals surface area contributed by atoms with Crippen LogP contribution in [0.3, 0.4) is 0 Å². The Labute approximate surface area is 113 Å². The van der Waals surface area contributed by atoms with Crippen LogP contribution < -0.4 is 0 Å². The summed E-state index contributed by atoms with van der Waals surface area (Å²) >= 11 is 0. The van der Waals surface area contributed by atoms with E-state index in [2.05, 4.69) is 5.10 Å². The zero-order valence-corrected chi connectivity index (χ0v) is 10.4. The highest BCUT2D eigenvalue weighted by Crippen LogP contribution is 2.32. The third-order valence-electron chi connectivity index (χ3n) is 3.49. The monoisotopic (exact) mass is 280 g/mol. The highest BCUT2D eigenvalue weighted by Gasteiger charge is 2.31. The first-order chi connectivity index (χ1) is 9.50. The Morgan fingerprint density at radius 1 is 1.25 bits per heavy atom. The molecule has 1 aliphatic rings. The molecule has 0 saturated carbocycles. The van der Waals surface area contributed by atoms with Gasteiger partial charge in [-0.15, -0.1) is 0 Å². The van der Waals surface area contributed by atoms with Gasteiger partial charge >= 0.3 is 6.18 Å². The van der Waals surface area contributed by atoms with E-state index in [4.69, 9.17) is 0 Å². The van der Waals surface area contributed by atoms with Crippen molar-refractivity contribution in [1.82, 2.24) is 9.78 Å². The minimum absolute atomic E-state index is 0.329. The second-order valence-corrected chi connectivity index (χ2v) is 4.74. The molecule has 1 heterocycles. The van der Waals surface area contributed by atoms with E-state index in [1.54, 1.807) is 6.07 Å². The highest BCUT2D eigenvalue weighted by molar-refractivity contribution is 5.75. The zero-order valence-electron chi connectivity index (χ0n) is 10.4. The van der Waals surface area contributed by atoms with Gasteiger partial charge in [0, 0.05) is 11.3 Å². The van der Waals surface area contributed by atoms with Crippen LogP contribution in [0.25, 0.3) is 5.69 Å². The van der Waals surface area contributed by atoms with Crippen LogP contribution in [0.15, 0.2) is 24.3 Å². The molecule has 0 aliphatic heterocycles. The van der Waals surface area contributed by atoms with Gasteiger partial charge in [0.05, 0.1) is 11.3 Å². The summed E-state index contributed by atoms with van der Waals surface area (Å²) in [6, 6.07) is 4.99. The van der Waals surface area contributed by atoms with Gasteiger partial charge in [0.15, 0.2) is 6.29 Å². The van der Waals surface area contributed by atoms with Gasteiger partial charge in [-0.2, -0.15) is 18.3 Å². The van der Waals surface area contributed by atoms with E-state index >= 15 is 0 Å². The Hall–Kier alpha value is -2.11. The maximum absolute atomic E-state index is 12.7. The molecule has 0 fully saturated rings. The number of rotatable bonds is 2. The number of hydrogen-bond acceptors (Lipinski definition) is 2. The van der Waals surface area contributed by atoms with Crippen molar-refractivity contribution in [2.45, 2.75) is 25.4 Å². The van der Waals surface area contributed by atoms with Gasteiger partial charge in [0.2, 0.25) is 0 Å². The summed E-state index contributed by atoms with van der Waals surface area (Å²) in [5.74, 6) is 0. The standard InChI is InChI=1S/C14H11F3N2O/c15-14(16,17)9-3-1-4-10(7-9)19-13-6-2-5-11(13)12(8-20)18-19/h1,3-4,7-8H,2,5-6H2. The van der Waals surface area contributed by atoms with Crippen molar-refractivity contribution in [3.8, 4) is 5.69 Å². The quantitative estimate of drug-likeness (QED) is 0.792. The number of alkyl halides is 3. The first kappa shape index (κ1) is 12.9. The molecule has 0 unspecified atom stereocenters. The topological polar surface area (TPSA) is 34.9 Å². The number of fused-ring (bicyclic) bond motifs is 1. The van der Waals surface area contributed by atoms with Crippen LogP contribution in [-0.2, 0) is 19.0 Å². The smallest absolute Gasteiger partial charge is 0.296 e. The number of aromatic nitrogens is 2. The summed E-state index contributed by atoms with van der Waals surface area (Å²) < 4.78 is 39.7. The molecule has 2 aromatic rings. The highest BCUT2D eigenvalue weighted by atomic mass is 19.4. The lowest BCUT2D eigenvalue weighted by Crippen LogP contribution is -2.07. The van der Waals surface area contributed by atoms with Crippen molar-refractivity contribution < 1.29 is 18.0 Å². The Morgan fingerprint density at radius 2 is 2.05 bits per heavy atom. The molecule has 1 aliphatic carbocycles. The van der Waals surface area contributed by atoms with Crippen LogP contribution in [0.1, 0.15) is 33.7 Å². The van der Waals surface area contributed by atoms with Gasteiger partial charge in [-0.25, -0.2) is 4.68 Å². The molecule has 0 spiro atoms. The predicted molar refractivity (Wildman–Crippen MR) is 66.0 cm³/mol. The van der Waals surface area contributed by atoms with E-state index in [-0.39, 0.29) is 0 Å². The Balaban J connectivity index is 2.13. The zero-order chi connectivity index (χ0) is 14.3. The van der Waals surface area contributed by atoms with Crippen molar-refractivity contribution in [2.24, 2.45) is 0 Å². The molecule has 0 amide bonds. The van der Waals surface area contributed by atoms with Gasteiger partial charge in [-0.1, -0.05) is 6.07 Å². The molecule has 0 bridgehead atoms. The van der Waals surface area contributed by atoms with Crippen LogP contribution in [0.5, 0.6) is 0 Å². The fraction of sp³-hybridized carbons (Fsp3) is 0.286. The van der Waals surface area contributed by atoms with Crippen molar-refractivity contribution >= 4 is 6.29 Å². The summed E-state index contributed by atoms with van der Waals surface area (Å²) in [5, 5.41) is 4.12. The summed E-state index contributed by atoms with van der Waals surface area (Å²) in [5.41, 5.74) is 1.65. The third kappa shape index (κ3) is 2.01. The summed E-state index contributed by atoms with van der Waals surface area (Å²) in [4.78, 5) is 11.0. The van der Waals surface area contributed by atoms with Crippen LogP contribution in [0.2, 0.25) is 0 Å². The molecular formula is C14H11F3N2O. The van der Waals surface area contributed by atoms with Gasteiger partial charge in [-0.05, 0) is 37.5 Å². The minimum Gasteiger partial charge on any atom is -0.296 e. The van der Waals surface area contributed by atoms with Crippen molar-refractivity contribution in [3.05, 3.63) is 46.8 Å². The first-order valence-corrected chi connectivity index (χ1v) is 6.24. The largest absolute Gasteiger partial charge is 0.416 e.